The van der Waals surface area contributed by atoms with E-state index in [0.29, 0.717) is 0 Å². The number of nitrogens with zero attached hydrogens (tertiary/aromatic N) is 1. The number of thiocarbonyl (C=S) groups is 1. The molecule has 31 heavy (non-hydrogen) atoms. The van der Waals surface area contributed by atoms with E-state index in [1.165, 1.54) is 96.3 Å². The molecule has 0 aromatic heterocycles. The summed E-state index contributed by atoms with van der Waals surface area (Å²) in [6, 6.07) is 7.85. The molecule has 3 rings (SSSR count). The summed E-state index contributed by atoms with van der Waals surface area (Å²) in [5.74, 6) is 4.69. The lowest BCUT2D eigenvalue weighted by Gasteiger charge is -2.38. The first-order valence-corrected chi connectivity index (χ1v) is 13.5. The molecule has 3 heteroatoms. The molecule has 1 aromatic carbocycles. The quantitative estimate of drug-likeness (QED) is 0.183. The van der Waals surface area contributed by atoms with Gasteiger partial charge in [-0.3, -0.25) is 0 Å². The van der Waals surface area contributed by atoms with Gasteiger partial charge in [0.25, 0.3) is 0 Å². The Labute approximate surface area is 196 Å². The van der Waals surface area contributed by atoms with Crippen molar-refractivity contribution in [2.75, 3.05) is 6.61 Å². The standard InChI is InChI=1S/C28H43NOS/c1-2-3-4-5-6-7-8-23-9-13-25(14-10-23)26-15-11-24(12-16-26)21-30-28-19-17-27(18-20-28)29-22-31/h17-20,23-26H,2-16,21H2,1H3. The summed E-state index contributed by atoms with van der Waals surface area (Å²) in [6.07, 6.45) is 21.7. The summed E-state index contributed by atoms with van der Waals surface area (Å²) in [6.45, 7) is 3.16. The lowest BCUT2D eigenvalue weighted by atomic mass is 9.69. The number of ether oxygens (including phenoxy) is 1. The van der Waals surface area contributed by atoms with Crippen molar-refractivity contribution >= 4 is 23.1 Å². The predicted molar refractivity (Wildman–Crippen MR) is 136 cm³/mol. The first kappa shape index (κ1) is 24.5. The molecule has 0 amide bonds. The molecule has 0 N–H and O–H groups in total. The minimum absolute atomic E-state index is 0.721. The molecular weight excluding hydrogens is 398 g/mol. The lowest BCUT2D eigenvalue weighted by Crippen LogP contribution is -2.27. The second-order valence-corrected chi connectivity index (χ2v) is 10.3. The van der Waals surface area contributed by atoms with Crippen LogP contribution < -0.4 is 4.74 Å². The average molecular weight is 442 g/mol. The Bertz CT molecular complexity index is 650. The number of aliphatic imine (C=N–C) groups is 1. The van der Waals surface area contributed by atoms with E-state index >= 15 is 0 Å². The lowest BCUT2D eigenvalue weighted by molar-refractivity contribution is 0.121. The van der Waals surface area contributed by atoms with E-state index in [1.54, 1.807) is 0 Å². The average Bonchev–Trinajstić information content (AvgIpc) is 2.82. The van der Waals surface area contributed by atoms with Gasteiger partial charge >= 0.3 is 0 Å². The highest BCUT2D eigenvalue weighted by atomic mass is 32.1. The molecule has 2 fully saturated rings. The van der Waals surface area contributed by atoms with Gasteiger partial charge in [0.2, 0.25) is 0 Å². The largest absolute Gasteiger partial charge is 0.493 e. The monoisotopic (exact) mass is 441 g/mol. The van der Waals surface area contributed by atoms with Gasteiger partial charge < -0.3 is 4.74 Å². The van der Waals surface area contributed by atoms with Gasteiger partial charge in [0.15, 0.2) is 0 Å². The first-order chi connectivity index (χ1) is 15.3. The Morgan fingerprint density at radius 1 is 0.806 bits per heavy atom. The van der Waals surface area contributed by atoms with Crippen molar-refractivity contribution < 1.29 is 4.74 Å². The van der Waals surface area contributed by atoms with Crippen molar-refractivity contribution in [3.8, 4) is 5.75 Å². The van der Waals surface area contributed by atoms with Gasteiger partial charge in [0.1, 0.15) is 5.75 Å². The van der Waals surface area contributed by atoms with Gasteiger partial charge in [-0.15, -0.1) is 0 Å². The summed E-state index contributed by atoms with van der Waals surface area (Å²) in [4.78, 5) is 3.99. The summed E-state index contributed by atoms with van der Waals surface area (Å²) in [7, 11) is 0. The van der Waals surface area contributed by atoms with Gasteiger partial charge in [-0.1, -0.05) is 64.7 Å². The zero-order valence-electron chi connectivity index (χ0n) is 19.7. The second-order valence-electron chi connectivity index (χ2n) is 10.1. The topological polar surface area (TPSA) is 21.6 Å². The Kier molecular flexibility index (Phi) is 11.1. The van der Waals surface area contributed by atoms with E-state index in [1.807, 2.05) is 24.3 Å². The maximum atomic E-state index is 6.05. The van der Waals surface area contributed by atoms with Gasteiger partial charge in [0, 0.05) is 0 Å². The summed E-state index contributed by atoms with van der Waals surface area (Å²) in [5.41, 5.74) is 0.838. The van der Waals surface area contributed by atoms with Gasteiger partial charge in [-0.25, -0.2) is 0 Å². The summed E-state index contributed by atoms with van der Waals surface area (Å²) >= 11 is 4.65. The highest BCUT2D eigenvalue weighted by molar-refractivity contribution is 7.78. The van der Waals surface area contributed by atoms with Crippen LogP contribution in [0.2, 0.25) is 0 Å². The van der Waals surface area contributed by atoms with Crippen LogP contribution in [0.3, 0.4) is 0 Å². The normalized spacial score (nSPS) is 26.2. The van der Waals surface area contributed by atoms with Crippen LogP contribution in [0.15, 0.2) is 29.3 Å². The highest BCUT2D eigenvalue weighted by Gasteiger charge is 2.30. The van der Waals surface area contributed by atoms with E-state index in [4.69, 9.17) is 4.74 Å². The fourth-order valence-corrected chi connectivity index (χ4v) is 5.98. The number of benzene rings is 1. The third kappa shape index (κ3) is 8.70. The molecule has 2 aliphatic carbocycles. The molecule has 0 spiro atoms. The van der Waals surface area contributed by atoms with Crippen LogP contribution in [0.4, 0.5) is 5.69 Å². The maximum absolute atomic E-state index is 6.05. The fraction of sp³-hybridized carbons (Fsp3) is 0.750. The molecular formula is C28H43NOS. The molecule has 2 nitrogen and oxygen atoms in total. The van der Waals surface area contributed by atoms with Crippen molar-refractivity contribution in [1.82, 2.24) is 0 Å². The Morgan fingerprint density at radius 2 is 1.39 bits per heavy atom. The fourth-order valence-electron chi connectivity index (χ4n) is 5.87. The van der Waals surface area contributed by atoms with Gasteiger partial charge in [-0.2, -0.15) is 4.99 Å². The Hall–Kier alpha value is -1.18. The number of rotatable bonds is 12. The maximum Gasteiger partial charge on any atom is 0.119 e. The molecule has 0 heterocycles. The van der Waals surface area contributed by atoms with Crippen molar-refractivity contribution in [3.63, 3.8) is 0 Å². The van der Waals surface area contributed by atoms with Crippen molar-refractivity contribution in [3.05, 3.63) is 24.3 Å². The van der Waals surface area contributed by atoms with Gasteiger partial charge in [0.05, 0.1) is 17.5 Å². The zero-order chi connectivity index (χ0) is 21.7. The molecule has 2 aliphatic rings. The van der Waals surface area contributed by atoms with E-state index < -0.39 is 0 Å². The summed E-state index contributed by atoms with van der Waals surface area (Å²) in [5, 5.41) is 2.41. The molecule has 2 saturated carbocycles. The molecule has 172 valence electrons. The number of hydrogen-bond donors (Lipinski definition) is 0. The smallest absolute Gasteiger partial charge is 0.119 e. The van der Waals surface area contributed by atoms with Crippen LogP contribution in [0.25, 0.3) is 0 Å². The van der Waals surface area contributed by atoms with E-state index in [0.717, 1.165) is 41.7 Å². The van der Waals surface area contributed by atoms with Crippen LogP contribution in [0, 0.1) is 23.7 Å². The number of isothiocyanates is 1. The molecule has 0 bridgehead atoms. The van der Waals surface area contributed by atoms with E-state index in [-0.39, 0.29) is 0 Å². The van der Waals surface area contributed by atoms with Crippen LogP contribution >= 0.6 is 12.2 Å². The van der Waals surface area contributed by atoms with Crippen LogP contribution in [-0.2, 0) is 0 Å². The minimum atomic E-state index is 0.721. The molecule has 0 aliphatic heterocycles. The van der Waals surface area contributed by atoms with Crippen LogP contribution in [-0.4, -0.2) is 11.8 Å². The van der Waals surface area contributed by atoms with Gasteiger partial charge in [-0.05, 0) is 98.7 Å². The van der Waals surface area contributed by atoms with Crippen LogP contribution in [0.5, 0.6) is 5.75 Å². The molecule has 0 atom stereocenters. The summed E-state index contributed by atoms with van der Waals surface area (Å²) < 4.78 is 6.05. The molecule has 0 saturated heterocycles. The third-order valence-electron chi connectivity index (χ3n) is 7.91. The second kappa shape index (κ2) is 14.1. The number of unbranched alkanes of at least 4 members (excludes halogenated alkanes) is 5. The van der Waals surface area contributed by atoms with Crippen molar-refractivity contribution in [2.24, 2.45) is 28.7 Å². The first-order valence-electron chi connectivity index (χ1n) is 13.1. The Balaban J connectivity index is 1.27. The predicted octanol–water partition coefficient (Wildman–Crippen LogP) is 9.16. The van der Waals surface area contributed by atoms with E-state index in [2.05, 4.69) is 29.3 Å². The zero-order valence-corrected chi connectivity index (χ0v) is 20.5. The minimum Gasteiger partial charge on any atom is -0.493 e. The number of hydrogen-bond acceptors (Lipinski definition) is 3. The SMILES string of the molecule is CCCCCCCCC1CCC(C2CCC(COc3ccc(N=C=S)cc3)CC2)CC1. The highest BCUT2D eigenvalue weighted by Crippen LogP contribution is 2.42. The molecule has 1 aromatic rings. The van der Waals surface area contributed by atoms with E-state index in [9.17, 15) is 0 Å². The van der Waals surface area contributed by atoms with Crippen LogP contribution in [0.1, 0.15) is 103 Å². The third-order valence-corrected chi connectivity index (χ3v) is 8.00. The van der Waals surface area contributed by atoms with Crippen molar-refractivity contribution in [2.45, 2.75) is 103 Å². The Morgan fingerprint density at radius 3 is 2.00 bits per heavy atom. The molecule has 0 radical (unpaired) electrons. The molecule has 0 unspecified atom stereocenters. The van der Waals surface area contributed by atoms with Crippen molar-refractivity contribution in [1.29, 1.82) is 0 Å².